The molecular weight excluding hydrogens is 309 g/mol. The highest BCUT2D eigenvalue weighted by atomic mass is 32.2. The predicted octanol–water partition coefficient (Wildman–Crippen LogP) is 2.10. The summed E-state index contributed by atoms with van der Waals surface area (Å²) in [6.07, 6.45) is 3.61. The average Bonchev–Trinajstić information content (AvgIpc) is 3.10. The molecule has 1 saturated carbocycles. The number of hydrogen-bond donors (Lipinski definition) is 1. The number of sulfonamides is 1. The zero-order valence-corrected chi connectivity index (χ0v) is 13.3. The molecule has 7 heteroatoms. The van der Waals surface area contributed by atoms with Crippen LogP contribution >= 0.6 is 0 Å². The maximum atomic E-state index is 13.2. The molecule has 0 bridgehead atoms. The minimum atomic E-state index is -3.67. The Kier molecular flexibility index (Phi) is 4.24. The van der Waals surface area contributed by atoms with Gasteiger partial charge in [0, 0.05) is 19.4 Å². The van der Waals surface area contributed by atoms with E-state index in [0.29, 0.717) is 12.2 Å². The van der Waals surface area contributed by atoms with Gasteiger partial charge < -0.3 is 9.47 Å². The van der Waals surface area contributed by atoms with Crippen molar-refractivity contribution in [1.82, 2.24) is 4.72 Å². The first kappa shape index (κ1) is 15.9. The van der Waals surface area contributed by atoms with Crippen LogP contribution in [0.1, 0.15) is 31.2 Å². The van der Waals surface area contributed by atoms with E-state index in [1.54, 1.807) is 0 Å². The molecule has 1 aromatic rings. The van der Waals surface area contributed by atoms with Crippen LogP contribution in [0.5, 0.6) is 0 Å². The van der Waals surface area contributed by atoms with Gasteiger partial charge in [-0.3, -0.25) is 0 Å². The molecule has 0 aromatic heterocycles. The lowest BCUT2D eigenvalue weighted by molar-refractivity contribution is -0.160. The summed E-state index contributed by atoms with van der Waals surface area (Å²) in [6.45, 7) is 2.08. The number of ether oxygens (including phenoxy) is 2. The van der Waals surface area contributed by atoms with E-state index < -0.39 is 21.6 Å². The Labute approximate surface area is 129 Å². The Morgan fingerprint density at radius 3 is 2.77 bits per heavy atom. The normalized spacial score (nSPS) is 24.2. The lowest BCUT2D eigenvalue weighted by Gasteiger charge is -2.21. The second-order valence-electron chi connectivity index (χ2n) is 5.93. The van der Waals surface area contributed by atoms with E-state index in [0.717, 1.165) is 31.7 Å². The van der Waals surface area contributed by atoms with Crippen LogP contribution in [0.3, 0.4) is 0 Å². The lowest BCUT2D eigenvalue weighted by Crippen LogP contribution is -2.35. The molecule has 1 heterocycles. The largest absolute Gasteiger partial charge is 0.347 e. The maximum absolute atomic E-state index is 13.2. The smallest absolute Gasteiger partial charge is 0.240 e. The molecule has 0 amide bonds. The number of aryl methyl sites for hydroxylation is 1. The summed E-state index contributed by atoms with van der Waals surface area (Å²) in [4.78, 5) is 0.0564. The lowest BCUT2D eigenvalue weighted by atomic mass is 10.2. The molecule has 1 N–H and O–H groups in total. The summed E-state index contributed by atoms with van der Waals surface area (Å²) in [5.74, 6) is -0.919. The molecule has 1 aliphatic carbocycles. The van der Waals surface area contributed by atoms with Crippen molar-refractivity contribution in [3.05, 3.63) is 29.6 Å². The summed E-state index contributed by atoms with van der Waals surface area (Å²) >= 11 is 0. The Hall–Kier alpha value is -1.02. The Morgan fingerprint density at radius 1 is 1.36 bits per heavy atom. The highest BCUT2D eigenvalue weighted by molar-refractivity contribution is 7.89. The van der Waals surface area contributed by atoms with Crippen molar-refractivity contribution in [2.45, 2.75) is 49.4 Å². The maximum Gasteiger partial charge on any atom is 0.240 e. The van der Waals surface area contributed by atoms with E-state index in [4.69, 9.17) is 9.47 Å². The molecule has 122 valence electrons. The molecule has 2 aliphatic rings. The highest BCUT2D eigenvalue weighted by Gasteiger charge is 2.43. The van der Waals surface area contributed by atoms with Crippen molar-refractivity contribution in [2.75, 3.05) is 13.2 Å². The van der Waals surface area contributed by atoms with Gasteiger partial charge in [0.1, 0.15) is 5.82 Å². The SMILES string of the molecule is Cc1cc(S(=O)(=O)NC[C@@H]2COC3(CCCC3)O2)ccc1F. The van der Waals surface area contributed by atoms with Gasteiger partial charge in [0.25, 0.3) is 0 Å². The van der Waals surface area contributed by atoms with Gasteiger partial charge in [-0.1, -0.05) is 0 Å². The van der Waals surface area contributed by atoms with Crippen molar-refractivity contribution in [3.63, 3.8) is 0 Å². The number of halogens is 1. The van der Waals surface area contributed by atoms with E-state index in [9.17, 15) is 12.8 Å². The minimum absolute atomic E-state index is 0.0564. The van der Waals surface area contributed by atoms with Crippen LogP contribution in [0.4, 0.5) is 4.39 Å². The molecule has 22 heavy (non-hydrogen) atoms. The average molecular weight is 329 g/mol. The van der Waals surface area contributed by atoms with Gasteiger partial charge in [-0.25, -0.2) is 17.5 Å². The van der Waals surface area contributed by atoms with Gasteiger partial charge in [-0.2, -0.15) is 0 Å². The standard InChI is InChI=1S/C15H20FNO4S/c1-11-8-13(4-5-14(11)16)22(18,19)17-9-12-10-20-15(21-12)6-2-3-7-15/h4-5,8,12,17H,2-3,6-7,9-10H2,1H3/t12-/m1/s1. The Bertz CT molecular complexity index is 656. The van der Waals surface area contributed by atoms with Gasteiger partial charge in [0.15, 0.2) is 5.79 Å². The Balaban J connectivity index is 1.62. The summed E-state index contributed by atoms with van der Waals surface area (Å²) in [5, 5.41) is 0. The quantitative estimate of drug-likeness (QED) is 0.919. The van der Waals surface area contributed by atoms with E-state index in [-0.39, 0.29) is 17.5 Å². The minimum Gasteiger partial charge on any atom is -0.347 e. The van der Waals surface area contributed by atoms with Crippen LogP contribution in [0.2, 0.25) is 0 Å². The second kappa shape index (κ2) is 5.88. The third-order valence-electron chi connectivity index (χ3n) is 4.22. The molecule has 0 radical (unpaired) electrons. The molecule has 2 fully saturated rings. The van der Waals surface area contributed by atoms with Crippen molar-refractivity contribution in [2.24, 2.45) is 0 Å². The van der Waals surface area contributed by atoms with Crippen LogP contribution < -0.4 is 4.72 Å². The zero-order valence-electron chi connectivity index (χ0n) is 12.5. The van der Waals surface area contributed by atoms with E-state index in [2.05, 4.69) is 4.72 Å². The number of hydrogen-bond acceptors (Lipinski definition) is 4. The zero-order chi connectivity index (χ0) is 15.8. The molecule has 1 aromatic carbocycles. The first-order chi connectivity index (χ1) is 10.4. The van der Waals surface area contributed by atoms with E-state index in [1.165, 1.54) is 19.1 Å². The van der Waals surface area contributed by atoms with E-state index >= 15 is 0 Å². The fourth-order valence-corrected chi connectivity index (χ4v) is 4.11. The Morgan fingerprint density at radius 2 is 2.09 bits per heavy atom. The second-order valence-corrected chi connectivity index (χ2v) is 7.70. The molecule has 0 unspecified atom stereocenters. The van der Waals surface area contributed by atoms with Crippen LogP contribution in [-0.2, 0) is 19.5 Å². The van der Waals surface area contributed by atoms with Crippen molar-refractivity contribution >= 4 is 10.0 Å². The van der Waals surface area contributed by atoms with Crippen LogP contribution in [-0.4, -0.2) is 33.5 Å². The summed E-state index contributed by atoms with van der Waals surface area (Å²) in [5.41, 5.74) is 0.299. The van der Waals surface area contributed by atoms with Gasteiger partial charge in [0.2, 0.25) is 10.0 Å². The first-order valence-corrected chi connectivity index (χ1v) is 8.96. The fourth-order valence-electron chi connectivity index (χ4n) is 2.96. The van der Waals surface area contributed by atoms with Crippen molar-refractivity contribution < 1.29 is 22.3 Å². The molecule has 5 nitrogen and oxygen atoms in total. The molecule has 3 rings (SSSR count). The van der Waals surface area contributed by atoms with Crippen molar-refractivity contribution in [1.29, 1.82) is 0 Å². The number of nitrogens with one attached hydrogen (secondary N) is 1. The molecular formula is C15H20FNO4S. The van der Waals surface area contributed by atoms with Gasteiger partial charge in [0.05, 0.1) is 17.6 Å². The summed E-state index contributed by atoms with van der Waals surface area (Å²) in [7, 11) is -3.67. The number of benzene rings is 1. The van der Waals surface area contributed by atoms with Gasteiger partial charge >= 0.3 is 0 Å². The first-order valence-electron chi connectivity index (χ1n) is 7.48. The monoisotopic (exact) mass is 329 g/mol. The van der Waals surface area contributed by atoms with E-state index in [1.807, 2.05) is 0 Å². The summed E-state index contributed by atoms with van der Waals surface area (Å²) in [6, 6.07) is 3.74. The van der Waals surface area contributed by atoms with Crippen LogP contribution in [0, 0.1) is 12.7 Å². The van der Waals surface area contributed by atoms with Crippen LogP contribution in [0.25, 0.3) is 0 Å². The topological polar surface area (TPSA) is 64.6 Å². The van der Waals surface area contributed by atoms with Crippen LogP contribution in [0.15, 0.2) is 23.1 Å². The molecule has 1 saturated heterocycles. The fraction of sp³-hybridized carbons (Fsp3) is 0.600. The molecule has 1 atom stereocenters. The predicted molar refractivity (Wildman–Crippen MR) is 78.3 cm³/mol. The third kappa shape index (κ3) is 3.17. The highest BCUT2D eigenvalue weighted by Crippen LogP contribution is 2.39. The molecule has 1 aliphatic heterocycles. The van der Waals surface area contributed by atoms with Gasteiger partial charge in [-0.15, -0.1) is 0 Å². The summed E-state index contributed by atoms with van der Waals surface area (Å²) < 4.78 is 51.8. The molecule has 1 spiro atoms. The number of rotatable bonds is 4. The third-order valence-corrected chi connectivity index (χ3v) is 5.64. The van der Waals surface area contributed by atoms with Gasteiger partial charge in [-0.05, 0) is 43.5 Å². The van der Waals surface area contributed by atoms with Crippen molar-refractivity contribution in [3.8, 4) is 0 Å².